The van der Waals surface area contributed by atoms with Crippen molar-refractivity contribution in [2.45, 2.75) is 20.3 Å². The summed E-state index contributed by atoms with van der Waals surface area (Å²) in [6.07, 6.45) is 2.17. The molecule has 3 aromatic heterocycles. The minimum atomic E-state index is -0.288. The Bertz CT molecular complexity index is 1180. The van der Waals surface area contributed by atoms with Gasteiger partial charge in [0.05, 0.1) is 17.9 Å². The van der Waals surface area contributed by atoms with Crippen molar-refractivity contribution in [2.24, 2.45) is 0 Å². The van der Waals surface area contributed by atoms with E-state index in [4.69, 9.17) is 9.26 Å². The zero-order valence-electron chi connectivity index (χ0n) is 16.4. The van der Waals surface area contributed by atoms with Crippen molar-refractivity contribution in [3.63, 3.8) is 0 Å². The number of fused-ring (bicyclic) bond motifs is 1. The van der Waals surface area contributed by atoms with Gasteiger partial charge in [0.1, 0.15) is 5.82 Å². The minimum absolute atomic E-state index is 0.288. The first-order chi connectivity index (χ1) is 14.0. The third kappa shape index (κ3) is 3.93. The molecule has 0 atom stereocenters. The summed E-state index contributed by atoms with van der Waals surface area (Å²) in [6.45, 7) is 4.11. The van der Waals surface area contributed by atoms with E-state index in [0.717, 1.165) is 11.1 Å². The predicted molar refractivity (Wildman–Crippen MR) is 108 cm³/mol. The van der Waals surface area contributed by atoms with Crippen LogP contribution in [-0.2, 0) is 11.2 Å². The van der Waals surface area contributed by atoms with Crippen LogP contribution in [-0.4, -0.2) is 33.8 Å². The molecule has 0 bridgehead atoms. The quantitative estimate of drug-likeness (QED) is 0.521. The Labute approximate surface area is 167 Å². The maximum absolute atomic E-state index is 14.1. The fourth-order valence-corrected chi connectivity index (χ4v) is 2.94. The lowest BCUT2D eigenvalue weighted by Crippen LogP contribution is -2.00. The largest absolute Gasteiger partial charge is 0.384 e. The van der Waals surface area contributed by atoms with Crippen molar-refractivity contribution in [3.8, 4) is 11.5 Å². The summed E-state index contributed by atoms with van der Waals surface area (Å²) in [5.74, 6) is 0.570. The SMILES string of the molecule is COCCc1noc(-c2cnc3nc(C)ccc3c2Nc2ccc(C)c(F)c2)n1. The molecular formula is C21H20FN5O2. The Kier molecular flexibility index (Phi) is 5.18. The van der Waals surface area contributed by atoms with Crippen LogP contribution in [0.4, 0.5) is 15.8 Å². The first-order valence-corrected chi connectivity index (χ1v) is 9.16. The van der Waals surface area contributed by atoms with Gasteiger partial charge in [-0.15, -0.1) is 0 Å². The first kappa shape index (κ1) is 18.9. The number of benzene rings is 1. The summed E-state index contributed by atoms with van der Waals surface area (Å²) in [6, 6.07) is 8.80. The van der Waals surface area contributed by atoms with E-state index in [1.165, 1.54) is 6.07 Å². The highest BCUT2D eigenvalue weighted by Crippen LogP contribution is 2.35. The van der Waals surface area contributed by atoms with Gasteiger partial charge < -0.3 is 14.6 Å². The Balaban J connectivity index is 1.83. The molecule has 0 saturated carbocycles. The highest BCUT2D eigenvalue weighted by atomic mass is 19.1. The molecule has 0 fully saturated rings. The molecule has 0 amide bonds. The second-order valence-electron chi connectivity index (χ2n) is 6.72. The van der Waals surface area contributed by atoms with Gasteiger partial charge in [-0.2, -0.15) is 4.98 Å². The van der Waals surface area contributed by atoms with Crippen LogP contribution in [0.15, 0.2) is 41.1 Å². The van der Waals surface area contributed by atoms with Gasteiger partial charge >= 0.3 is 0 Å². The molecule has 0 unspecified atom stereocenters. The summed E-state index contributed by atoms with van der Waals surface area (Å²) in [7, 11) is 1.62. The maximum atomic E-state index is 14.1. The zero-order chi connectivity index (χ0) is 20.4. The molecule has 1 N–H and O–H groups in total. The molecule has 29 heavy (non-hydrogen) atoms. The van der Waals surface area contributed by atoms with Gasteiger partial charge in [-0.05, 0) is 43.7 Å². The molecule has 0 spiro atoms. The number of nitrogens with one attached hydrogen (secondary N) is 1. The second-order valence-corrected chi connectivity index (χ2v) is 6.72. The normalized spacial score (nSPS) is 11.2. The Morgan fingerprint density at radius 2 is 2.00 bits per heavy atom. The van der Waals surface area contributed by atoms with E-state index in [9.17, 15) is 4.39 Å². The van der Waals surface area contributed by atoms with Crippen LogP contribution in [0.25, 0.3) is 22.5 Å². The number of aryl methyl sites for hydroxylation is 2. The molecule has 0 radical (unpaired) electrons. The van der Waals surface area contributed by atoms with Crippen molar-refractivity contribution in [1.29, 1.82) is 0 Å². The second kappa shape index (κ2) is 7.92. The summed E-state index contributed by atoms with van der Waals surface area (Å²) >= 11 is 0. The lowest BCUT2D eigenvalue weighted by molar-refractivity contribution is 0.199. The fourth-order valence-electron chi connectivity index (χ4n) is 2.94. The molecule has 0 aliphatic heterocycles. The molecule has 148 valence electrons. The number of ether oxygens (including phenoxy) is 1. The lowest BCUT2D eigenvalue weighted by atomic mass is 10.1. The van der Waals surface area contributed by atoms with Crippen molar-refractivity contribution >= 4 is 22.4 Å². The van der Waals surface area contributed by atoms with Gasteiger partial charge in [-0.3, -0.25) is 0 Å². The van der Waals surface area contributed by atoms with Crippen LogP contribution in [0.1, 0.15) is 17.1 Å². The van der Waals surface area contributed by atoms with Crippen LogP contribution in [0.3, 0.4) is 0 Å². The molecular weight excluding hydrogens is 373 g/mol. The number of anilines is 2. The Morgan fingerprint density at radius 3 is 2.79 bits per heavy atom. The summed E-state index contributed by atoms with van der Waals surface area (Å²) < 4.78 is 24.6. The van der Waals surface area contributed by atoms with E-state index in [-0.39, 0.29) is 5.82 Å². The summed E-state index contributed by atoms with van der Waals surface area (Å²) in [5, 5.41) is 8.05. The van der Waals surface area contributed by atoms with Gasteiger partial charge in [-0.1, -0.05) is 11.2 Å². The molecule has 3 heterocycles. The number of pyridine rings is 2. The number of halogens is 1. The van der Waals surface area contributed by atoms with E-state index in [1.807, 2.05) is 25.1 Å². The van der Waals surface area contributed by atoms with Crippen molar-refractivity contribution in [2.75, 3.05) is 19.0 Å². The maximum Gasteiger partial charge on any atom is 0.261 e. The molecule has 0 aliphatic carbocycles. The first-order valence-electron chi connectivity index (χ1n) is 9.16. The average molecular weight is 393 g/mol. The molecule has 4 rings (SSSR count). The molecule has 7 nitrogen and oxygen atoms in total. The molecule has 0 saturated heterocycles. The zero-order valence-corrected chi connectivity index (χ0v) is 16.4. The molecule has 4 aromatic rings. The third-order valence-electron chi connectivity index (χ3n) is 4.54. The van der Waals surface area contributed by atoms with Crippen LogP contribution in [0.2, 0.25) is 0 Å². The van der Waals surface area contributed by atoms with Crippen molar-refractivity contribution < 1.29 is 13.7 Å². The third-order valence-corrected chi connectivity index (χ3v) is 4.54. The predicted octanol–water partition coefficient (Wildman–Crippen LogP) is 4.37. The molecule has 0 aliphatic rings. The van der Waals surface area contributed by atoms with E-state index in [2.05, 4.69) is 25.4 Å². The number of methoxy groups -OCH3 is 1. The van der Waals surface area contributed by atoms with Gasteiger partial charge in [0.25, 0.3) is 5.89 Å². The summed E-state index contributed by atoms with van der Waals surface area (Å²) in [4.78, 5) is 13.4. The topological polar surface area (TPSA) is 86.0 Å². The smallest absolute Gasteiger partial charge is 0.261 e. The van der Waals surface area contributed by atoms with Crippen LogP contribution < -0.4 is 5.32 Å². The monoisotopic (exact) mass is 393 g/mol. The van der Waals surface area contributed by atoms with Crippen molar-refractivity contribution in [3.05, 3.63) is 59.4 Å². The van der Waals surface area contributed by atoms with Crippen LogP contribution in [0.5, 0.6) is 0 Å². The van der Waals surface area contributed by atoms with Gasteiger partial charge in [-0.25, -0.2) is 14.4 Å². The van der Waals surface area contributed by atoms with Gasteiger partial charge in [0.15, 0.2) is 11.5 Å². The Morgan fingerprint density at radius 1 is 1.14 bits per heavy atom. The highest BCUT2D eigenvalue weighted by Gasteiger charge is 2.18. The number of nitrogens with zero attached hydrogens (tertiary/aromatic N) is 4. The van der Waals surface area contributed by atoms with E-state index < -0.39 is 0 Å². The number of hydrogen-bond donors (Lipinski definition) is 1. The number of aromatic nitrogens is 4. The lowest BCUT2D eigenvalue weighted by Gasteiger charge is -2.13. The standard InChI is InChI=1S/C21H20FN5O2/c1-12-4-6-14(10-17(12)22)25-19-15-7-5-13(2)24-20(15)23-11-16(19)21-26-18(27-29-21)8-9-28-3/h4-7,10-11H,8-9H2,1-3H3,(H,23,24,25). The highest BCUT2D eigenvalue weighted by molar-refractivity contribution is 5.98. The number of rotatable bonds is 6. The average Bonchev–Trinajstić information content (AvgIpc) is 3.18. The number of hydrogen-bond acceptors (Lipinski definition) is 7. The Hall–Kier alpha value is -3.39. The van der Waals surface area contributed by atoms with Gasteiger partial charge in [0, 0.05) is 36.5 Å². The summed E-state index contributed by atoms with van der Waals surface area (Å²) in [5.41, 5.74) is 3.88. The molecule has 1 aromatic carbocycles. The van der Waals surface area contributed by atoms with E-state index >= 15 is 0 Å². The van der Waals surface area contributed by atoms with E-state index in [0.29, 0.717) is 52.9 Å². The van der Waals surface area contributed by atoms with Crippen LogP contribution >= 0.6 is 0 Å². The van der Waals surface area contributed by atoms with Crippen molar-refractivity contribution in [1.82, 2.24) is 20.1 Å². The molecule has 8 heteroatoms. The fraction of sp³-hybridized carbons (Fsp3) is 0.238. The van der Waals surface area contributed by atoms with Gasteiger partial charge in [0.2, 0.25) is 0 Å². The van der Waals surface area contributed by atoms with E-state index in [1.54, 1.807) is 26.3 Å². The van der Waals surface area contributed by atoms with Crippen LogP contribution in [0, 0.1) is 19.7 Å². The minimum Gasteiger partial charge on any atom is -0.384 e.